The van der Waals surface area contributed by atoms with Crippen LogP contribution >= 0.6 is 0 Å². The summed E-state index contributed by atoms with van der Waals surface area (Å²) in [5, 5.41) is 15.3. The van der Waals surface area contributed by atoms with Crippen molar-refractivity contribution in [2.75, 3.05) is 32.8 Å². The normalized spacial score (nSPS) is 20.9. The molecule has 2 atom stereocenters. The lowest BCUT2D eigenvalue weighted by atomic mass is 9.98. The van der Waals surface area contributed by atoms with Crippen molar-refractivity contribution in [1.82, 2.24) is 25.0 Å². The maximum Gasteiger partial charge on any atom is 0.404 e. The molecule has 0 saturated carbocycles. The summed E-state index contributed by atoms with van der Waals surface area (Å²) >= 11 is 0. The minimum atomic E-state index is -1.11. The SMILES string of the molecule is O=C(O)NCCC(=O)N1CCC[C@@H](COc2ccc(-c3ccnn3C3CCCCO3)nc2)C1. The molecule has 10 heteroatoms. The number of carbonyl (C=O) groups is 2. The standard InChI is InChI=1S/C23H31N5O5/c29-21(9-10-24-23(30)31)27-12-3-4-17(15-27)16-33-18-6-7-19(25-14-18)20-8-11-26-28(20)22-5-1-2-13-32-22/h6-8,11,14,17,22,24H,1-5,9-10,12-13,15-16H2,(H,30,31)/t17-,22?/m1/s1. The van der Waals surface area contributed by atoms with Gasteiger partial charge in [0.05, 0.1) is 24.2 Å². The van der Waals surface area contributed by atoms with Crippen molar-refractivity contribution in [3.05, 3.63) is 30.6 Å². The Bertz CT molecular complexity index is 926. The zero-order chi connectivity index (χ0) is 23.0. The molecule has 2 fully saturated rings. The van der Waals surface area contributed by atoms with Gasteiger partial charge in [-0.3, -0.25) is 9.78 Å². The van der Waals surface area contributed by atoms with E-state index in [0.29, 0.717) is 25.4 Å². The molecule has 0 spiro atoms. The van der Waals surface area contributed by atoms with Crippen LogP contribution in [0.5, 0.6) is 5.75 Å². The number of nitrogens with one attached hydrogen (secondary N) is 1. The van der Waals surface area contributed by atoms with Crippen LogP contribution in [0.3, 0.4) is 0 Å². The summed E-state index contributed by atoms with van der Waals surface area (Å²) in [5.41, 5.74) is 1.74. The Balaban J connectivity index is 1.28. The van der Waals surface area contributed by atoms with Crippen LogP contribution in [0, 0.1) is 5.92 Å². The van der Waals surface area contributed by atoms with E-state index in [-0.39, 0.29) is 31.0 Å². The number of carboxylic acid groups (broad SMARTS) is 1. The van der Waals surface area contributed by atoms with Crippen LogP contribution < -0.4 is 10.1 Å². The first-order valence-corrected chi connectivity index (χ1v) is 11.6. The maximum atomic E-state index is 12.3. The summed E-state index contributed by atoms with van der Waals surface area (Å²) < 4.78 is 13.7. The molecule has 4 rings (SSSR count). The molecular formula is C23H31N5O5. The molecule has 2 aliphatic heterocycles. The van der Waals surface area contributed by atoms with E-state index in [2.05, 4.69) is 15.4 Å². The Morgan fingerprint density at radius 1 is 1.21 bits per heavy atom. The fourth-order valence-corrected chi connectivity index (χ4v) is 4.36. The van der Waals surface area contributed by atoms with Crippen molar-refractivity contribution < 1.29 is 24.2 Å². The largest absolute Gasteiger partial charge is 0.492 e. The maximum absolute atomic E-state index is 12.3. The van der Waals surface area contributed by atoms with Gasteiger partial charge in [0.15, 0.2) is 6.23 Å². The van der Waals surface area contributed by atoms with Gasteiger partial charge in [0.1, 0.15) is 5.75 Å². The predicted molar refractivity (Wildman–Crippen MR) is 120 cm³/mol. The lowest BCUT2D eigenvalue weighted by molar-refractivity contribution is -0.133. The van der Waals surface area contributed by atoms with Crippen molar-refractivity contribution in [2.45, 2.75) is 44.8 Å². The third-order valence-corrected chi connectivity index (χ3v) is 6.07. The van der Waals surface area contributed by atoms with Gasteiger partial charge in [0.25, 0.3) is 0 Å². The minimum Gasteiger partial charge on any atom is -0.492 e. The molecule has 2 aromatic rings. The van der Waals surface area contributed by atoms with Gasteiger partial charge in [-0.2, -0.15) is 5.10 Å². The fraction of sp³-hybridized carbons (Fsp3) is 0.565. The highest BCUT2D eigenvalue weighted by Gasteiger charge is 2.24. The van der Waals surface area contributed by atoms with Crippen molar-refractivity contribution in [2.24, 2.45) is 5.92 Å². The lowest BCUT2D eigenvalue weighted by Crippen LogP contribution is -2.42. The van der Waals surface area contributed by atoms with Gasteiger partial charge in [0, 0.05) is 44.8 Å². The zero-order valence-electron chi connectivity index (χ0n) is 18.7. The predicted octanol–water partition coefficient (Wildman–Crippen LogP) is 2.92. The second-order valence-corrected chi connectivity index (χ2v) is 8.50. The van der Waals surface area contributed by atoms with Gasteiger partial charge in [-0.05, 0) is 50.3 Å². The second-order valence-electron chi connectivity index (χ2n) is 8.50. The van der Waals surface area contributed by atoms with E-state index < -0.39 is 6.09 Å². The molecule has 0 bridgehead atoms. The first-order valence-electron chi connectivity index (χ1n) is 11.6. The Hall–Kier alpha value is -3.14. The molecule has 0 aliphatic carbocycles. The number of likely N-dealkylation sites (tertiary alicyclic amines) is 1. The second kappa shape index (κ2) is 11.1. The number of carbonyl (C=O) groups excluding carboxylic acids is 1. The monoisotopic (exact) mass is 457 g/mol. The smallest absolute Gasteiger partial charge is 0.404 e. The van der Waals surface area contributed by atoms with E-state index in [1.54, 1.807) is 17.3 Å². The first-order chi connectivity index (χ1) is 16.1. The molecule has 0 radical (unpaired) electrons. The van der Waals surface area contributed by atoms with Crippen LogP contribution in [0.15, 0.2) is 30.6 Å². The number of rotatable bonds is 8. The Morgan fingerprint density at radius 3 is 2.88 bits per heavy atom. The quantitative estimate of drug-likeness (QED) is 0.626. The number of aromatic nitrogens is 3. The highest BCUT2D eigenvalue weighted by molar-refractivity contribution is 5.77. The fourth-order valence-electron chi connectivity index (χ4n) is 4.36. The van der Waals surface area contributed by atoms with Crippen LogP contribution in [0.1, 0.15) is 44.8 Å². The van der Waals surface area contributed by atoms with Gasteiger partial charge < -0.3 is 24.8 Å². The molecule has 10 nitrogen and oxygen atoms in total. The highest BCUT2D eigenvalue weighted by atomic mass is 16.5. The molecule has 2 saturated heterocycles. The summed E-state index contributed by atoms with van der Waals surface area (Å²) in [6.07, 6.45) is 7.59. The average Bonchev–Trinajstić information content (AvgIpc) is 3.33. The molecule has 2 aliphatic rings. The van der Waals surface area contributed by atoms with Gasteiger partial charge in [-0.1, -0.05) is 0 Å². The molecule has 0 aromatic carbocycles. The van der Waals surface area contributed by atoms with E-state index in [1.165, 1.54) is 0 Å². The van der Waals surface area contributed by atoms with Gasteiger partial charge in [-0.25, -0.2) is 9.48 Å². The van der Waals surface area contributed by atoms with Crippen LogP contribution in [-0.4, -0.2) is 69.6 Å². The molecule has 1 unspecified atom stereocenters. The molecule has 2 amide bonds. The third-order valence-electron chi connectivity index (χ3n) is 6.07. The highest BCUT2D eigenvalue weighted by Crippen LogP contribution is 2.28. The van der Waals surface area contributed by atoms with Crippen molar-refractivity contribution >= 4 is 12.0 Å². The summed E-state index contributed by atoms with van der Waals surface area (Å²) in [6, 6.07) is 5.78. The summed E-state index contributed by atoms with van der Waals surface area (Å²) in [7, 11) is 0. The number of amides is 2. The van der Waals surface area contributed by atoms with Crippen LogP contribution in [0.25, 0.3) is 11.4 Å². The van der Waals surface area contributed by atoms with Crippen molar-refractivity contribution in [1.29, 1.82) is 0 Å². The summed E-state index contributed by atoms with van der Waals surface area (Å²) in [4.78, 5) is 29.2. The molecule has 2 N–H and O–H groups in total. The average molecular weight is 458 g/mol. The van der Waals surface area contributed by atoms with E-state index >= 15 is 0 Å². The molecule has 178 valence electrons. The zero-order valence-corrected chi connectivity index (χ0v) is 18.7. The Kier molecular flexibility index (Phi) is 7.77. The van der Waals surface area contributed by atoms with Crippen LogP contribution in [0.4, 0.5) is 4.79 Å². The van der Waals surface area contributed by atoms with Gasteiger partial charge in [0.2, 0.25) is 5.91 Å². The van der Waals surface area contributed by atoms with Crippen molar-refractivity contribution in [3.63, 3.8) is 0 Å². The number of hydrogen-bond donors (Lipinski definition) is 2. The van der Waals surface area contributed by atoms with Crippen LogP contribution in [-0.2, 0) is 9.53 Å². The van der Waals surface area contributed by atoms with Gasteiger partial charge in [-0.15, -0.1) is 0 Å². The molecule has 2 aromatic heterocycles. The topological polar surface area (TPSA) is 119 Å². The molecular weight excluding hydrogens is 426 g/mol. The number of pyridine rings is 1. The molecule has 4 heterocycles. The van der Waals surface area contributed by atoms with E-state index in [1.807, 2.05) is 22.9 Å². The van der Waals surface area contributed by atoms with Crippen LogP contribution in [0.2, 0.25) is 0 Å². The summed E-state index contributed by atoms with van der Waals surface area (Å²) in [5.74, 6) is 0.894. The number of piperidine rings is 1. The summed E-state index contributed by atoms with van der Waals surface area (Å²) in [6.45, 7) is 2.73. The van der Waals surface area contributed by atoms with Crippen molar-refractivity contribution in [3.8, 4) is 17.1 Å². The molecule has 33 heavy (non-hydrogen) atoms. The minimum absolute atomic E-state index is 0.0296. The number of hydrogen-bond acceptors (Lipinski definition) is 6. The number of ether oxygens (including phenoxy) is 2. The van der Waals surface area contributed by atoms with Gasteiger partial charge >= 0.3 is 6.09 Å². The first kappa shape index (κ1) is 23.0. The van der Waals surface area contributed by atoms with E-state index in [4.69, 9.17) is 14.6 Å². The Morgan fingerprint density at radius 2 is 2.12 bits per heavy atom. The van der Waals surface area contributed by atoms with E-state index in [0.717, 1.165) is 50.1 Å². The van der Waals surface area contributed by atoms with E-state index in [9.17, 15) is 9.59 Å². The number of nitrogens with zero attached hydrogens (tertiary/aromatic N) is 4. The Labute approximate surface area is 192 Å². The lowest BCUT2D eigenvalue weighted by Gasteiger charge is -2.32. The third kappa shape index (κ3) is 6.22.